The van der Waals surface area contributed by atoms with Gasteiger partial charge in [-0.15, -0.1) is 0 Å². The zero-order chi connectivity index (χ0) is 32.5. The summed E-state index contributed by atoms with van der Waals surface area (Å²) < 4.78 is 38.8. The van der Waals surface area contributed by atoms with E-state index in [1.54, 1.807) is 24.3 Å². The number of piperazine rings is 1. The molecule has 3 aromatic rings. The van der Waals surface area contributed by atoms with Gasteiger partial charge in [0.25, 0.3) is 11.7 Å². The third kappa shape index (κ3) is 7.53. The van der Waals surface area contributed by atoms with Gasteiger partial charge in [-0.1, -0.05) is 23.2 Å². The summed E-state index contributed by atoms with van der Waals surface area (Å²) in [4.78, 5) is 41.0. The third-order valence-corrected chi connectivity index (χ3v) is 8.99. The summed E-state index contributed by atoms with van der Waals surface area (Å²) in [7, 11) is 0. The van der Waals surface area contributed by atoms with Gasteiger partial charge in [-0.25, -0.2) is 9.97 Å². The van der Waals surface area contributed by atoms with Crippen molar-refractivity contribution in [2.45, 2.75) is 45.3 Å². The predicted molar refractivity (Wildman–Crippen MR) is 170 cm³/mol. The Kier molecular flexibility index (Phi) is 9.91. The number of anilines is 2. The van der Waals surface area contributed by atoms with E-state index < -0.39 is 23.3 Å². The average molecular weight is 664 g/mol. The van der Waals surface area contributed by atoms with E-state index in [9.17, 15) is 22.8 Å². The molecular formula is C32H35Cl2F3N6O2. The second-order valence-electron chi connectivity index (χ2n) is 11.8. The van der Waals surface area contributed by atoms with E-state index >= 15 is 0 Å². The molecule has 0 radical (unpaired) electrons. The number of carbonyl (C=O) groups excluding carboxylic acids is 2. The van der Waals surface area contributed by atoms with Crippen molar-refractivity contribution in [1.82, 2.24) is 19.8 Å². The number of aromatic nitrogens is 2. The Balaban J connectivity index is 1.42. The number of halogens is 5. The maximum Gasteiger partial charge on any atom is 0.455 e. The molecule has 1 amide bonds. The molecule has 0 aliphatic carbocycles. The Morgan fingerprint density at radius 3 is 2.33 bits per heavy atom. The monoisotopic (exact) mass is 662 g/mol. The van der Waals surface area contributed by atoms with Gasteiger partial charge >= 0.3 is 6.18 Å². The number of nitrogen functional groups attached to an aromatic ring is 1. The van der Waals surface area contributed by atoms with Crippen molar-refractivity contribution in [3.8, 4) is 11.3 Å². The molecule has 13 heteroatoms. The highest BCUT2D eigenvalue weighted by atomic mass is 35.5. The Labute approximate surface area is 270 Å². The molecule has 1 unspecified atom stereocenters. The molecule has 2 aromatic heterocycles. The molecule has 2 N–H and O–H groups in total. The van der Waals surface area contributed by atoms with E-state index in [0.29, 0.717) is 77.0 Å². The lowest BCUT2D eigenvalue weighted by molar-refractivity contribution is -0.0884. The highest BCUT2D eigenvalue weighted by Crippen LogP contribution is 2.34. The van der Waals surface area contributed by atoms with Crippen molar-refractivity contribution >= 4 is 46.5 Å². The first-order chi connectivity index (χ1) is 21.3. The van der Waals surface area contributed by atoms with E-state index in [1.165, 1.54) is 6.07 Å². The number of amides is 1. The lowest BCUT2D eigenvalue weighted by atomic mass is 9.92. The SMILES string of the molecule is CC(C)N1CCN(C(=O)c2ccc(-c3ccc(Cl)cc3Cl)nc2N2CCCC(Cc3ccc(C(=O)C(F)(F)F)c(N)n3)C2)CC1. The Bertz CT molecular complexity index is 1580. The molecular weight excluding hydrogens is 628 g/mol. The van der Waals surface area contributed by atoms with E-state index in [2.05, 4.69) is 28.6 Å². The van der Waals surface area contributed by atoms with E-state index in [4.69, 9.17) is 33.9 Å². The van der Waals surface area contributed by atoms with Gasteiger partial charge in [-0.2, -0.15) is 13.2 Å². The van der Waals surface area contributed by atoms with Crippen LogP contribution in [0.2, 0.25) is 10.0 Å². The minimum atomic E-state index is -5.03. The van der Waals surface area contributed by atoms with Crippen LogP contribution < -0.4 is 10.6 Å². The highest BCUT2D eigenvalue weighted by Gasteiger charge is 2.40. The van der Waals surface area contributed by atoms with Crippen LogP contribution in [0.4, 0.5) is 24.8 Å². The van der Waals surface area contributed by atoms with Crippen molar-refractivity contribution in [3.05, 3.63) is 69.3 Å². The Morgan fingerprint density at radius 1 is 0.978 bits per heavy atom. The number of nitrogens with zero attached hydrogens (tertiary/aromatic N) is 5. The van der Waals surface area contributed by atoms with Gasteiger partial charge in [-0.05, 0) is 81.5 Å². The maximum absolute atomic E-state index is 13.9. The van der Waals surface area contributed by atoms with Crippen LogP contribution >= 0.6 is 23.2 Å². The number of Topliss-reactive ketones (excluding diaryl/α,β-unsaturated/α-hetero) is 1. The smallest absolute Gasteiger partial charge is 0.383 e. The van der Waals surface area contributed by atoms with Crippen molar-refractivity contribution in [2.24, 2.45) is 5.92 Å². The fourth-order valence-corrected chi connectivity index (χ4v) is 6.52. The molecule has 8 nitrogen and oxygen atoms in total. The number of ketones is 1. The molecule has 0 spiro atoms. The van der Waals surface area contributed by atoms with Crippen LogP contribution in [0.3, 0.4) is 0 Å². The fraction of sp³-hybridized carbons (Fsp3) is 0.438. The van der Waals surface area contributed by atoms with Gasteiger partial charge in [-0.3, -0.25) is 14.5 Å². The number of nitrogens with two attached hydrogens (primary N) is 1. The van der Waals surface area contributed by atoms with Crippen molar-refractivity contribution in [3.63, 3.8) is 0 Å². The van der Waals surface area contributed by atoms with Crippen LogP contribution in [0.5, 0.6) is 0 Å². The number of piperidine rings is 1. The molecule has 1 atom stereocenters. The normalized spacial score (nSPS) is 18.0. The summed E-state index contributed by atoms with van der Waals surface area (Å²) in [5.74, 6) is -1.94. The molecule has 2 aliphatic heterocycles. The maximum atomic E-state index is 13.9. The van der Waals surface area contributed by atoms with E-state index in [-0.39, 0.29) is 11.8 Å². The van der Waals surface area contributed by atoms with Crippen molar-refractivity contribution in [2.75, 3.05) is 49.9 Å². The summed E-state index contributed by atoms with van der Waals surface area (Å²) in [5.41, 5.74) is 7.40. The average Bonchev–Trinajstić information content (AvgIpc) is 3.00. The first-order valence-corrected chi connectivity index (χ1v) is 15.7. The largest absolute Gasteiger partial charge is 0.455 e. The molecule has 240 valence electrons. The molecule has 5 rings (SSSR count). The number of alkyl halides is 3. The first-order valence-electron chi connectivity index (χ1n) is 14.9. The molecule has 0 saturated carbocycles. The van der Waals surface area contributed by atoms with Crippen LogP contribution in [0.25, 0.3) is 11.3 Å². The predicted octanol–water partition coefficient (Wildman–Crippen LogP) is 6.40. The van der Waals surface area contributed by atoms with Gasteiger partial charge in [0.05, 0.1) is 21.8 Å². The number of pyridine rings is 2. The molecule has 1 aromatic carbocycles. The van der Waals surface area contributed by atoms with Crippen molar-refractivity contribution < 1.29 is 22.8 Å². The van der Waals surface area contributed by atoms with Gasteiger partial charge in [0.1, 0.15) is 11.6 Å². The molecule has 45 heavy (non-hydrogen) atoms. The van der Waals surface area contributed by atoms with Crippen molar-refractivity contribution in [1.29, 1.82) is 0 Å². The summed E-state index contributed by atoms with van der Waals surface area (Å²) in [6.45, 7) is 8.31. The van der Waals surface area contributed by atoms with Gasteiger partial charge < -0.3 is 15.5 Å². The minimum Gasteiger partial charge on any atom is -0.383 e. The van der Waals surface area contributed by atoms with Crippen LogP contribution in [0.15, 0.2) is 42.5 Å². The first kappa shape index (κ1) is 33.0. The second kappa shape index (κ2) is 13.5. The highest BCUT2D eigenvalue weighted by molar-refractivity contribution is 6.36. The molecule has 2 saturated heterocycles. The van der Waals surface area contributed by atoms with Crippen LogP contribution in [0.1, 0.15) is 53.1 Å². The number of benzene rings is 1. The number of rotatable bonds is 7. The zero-order valence-electron chi connectivity index (χ0n) is 25.1. The number of hydrogen-bond acceptors (Lipinski definition) is 7. The van der Waals surface area contributed by atoms with Crippen LogP contribution in [-0.4, -0.2) is 82.9 Å². The lowest BCUT2D eigenvalue weighted by Gasteiger charge is -2.38. The summed E-state index contributed by atoms with van der Waals surface area (Å²) in [5, 5.41) is 0.942. The standard InChI is InChI=1S/C32H35Cl2F3N6O2/c1-19(2)41-12-14-42(15-13-41)31(45)25-9-10-27(23-7-5-21(33)17-26(23)34)40-30(25)43-11-3-4-20(18-43)16-22-6-8-24(29(38)39-22)28(44)32(35,36)37/h5-10,17,19-20H,3-4,11-16,18H2,1-2H3,(H2,38,39). The zero-order valence-corrected chi connectivity index (χ0v) is 26.6. The summed E-state index contributed by atoms with van der Waals surface area (Å²) >= 11 is 12.7. The topological polar surface area (TPSA) is 95.7 Å². The fourth-order valence-electron chi connectivity index (χ4n) is 6.01. The quantitative estimate of drug-likeness (QED) is 0.292. The molecule has 0 bridgehead atoms. The van der Waals surface area contributed by atoms with Gasteiger partial charge in [0.2, 0.25) is 0 Å². The Hall–Kier alpha value is -3.41. The number of carbonyl (C=O) groups is 2. The molecule has 4 heterocycles. The van der Waals surface area contributed by atoms with Crippen LogP contribution in [0, 0.1) is 5.92 Å². The molecule has 2 aliphatic rings. The van der Waals surface area contributed by atoms with E-state index in [0.717, 1.165) is 32.0 Å². The van der Waals surface area contributed by atoms with Crippen LogP contribution in [-0.2, 0) is 6.42 Å². The minimum absolute atomic E-state index is 0.0527. The lowest BCUT2D eigenvalue weighted by Crippen LogP contribution is -2.51. The van der Waals surface area contributed by atoms with Gasteiger partial charge in [0, 0.05) is 61.6 Å². The summed E-state index contributed by atoms with van der Waals surface area (Å²) in [6, 6.07) is 11.7. The van der Waals surface area contributed by atoms with E-state index in [1.807, 2.05) is 11.0 Å². The number of hydrogen-bond donors (Lipinski definition) is 1. The summed E-state index contributed by atoms with van der Waals surface area (Å²) in [6.07, 6.45) is -2.95. The Morgan fingerprint density at radius 2 is 1.69 bits per heavy atom. The molecule has 2 fully saturated rings. The second-order valence-corrected chi connectivity index (χ2v) is 12.7. The third-order valence-electron chi connectivity index (χ3n) is 8.45. The van der Waals surface area contributed by atoms with Gasteiger partial charge in [0.15, 0.2) is 0 Å².